The first-order chi connectivity index (χ1) is 10.8. The molecule has 0 amide bonds. The molecule has 0 unspecified atom stereocenters. The minimum Gasteiger partial charge on any atom is -0.438 e. The van der Waals surface area contributed by atoms with E-state index in [0.29, 0.717) is 22.6 Å². The van der Waals surface area contributed by atoms with Crippen molar-refractivity contribution < 1.29 is 13.2 Å². The Bertz CT molecular complexity index is 857. The minimum absolute atomic E-state index is 0.205. The van der Waals surface area contributed by atoms with E-state index < -0.39 is 10.2 Å². The van der Waals surface area contributed by atoms with Crippen LogP contribution in [0.15, 0.2) is 36.5 Å². The van der Waals surface area contributed by atoms with Gasteiger partial charge in [0.2, 0.25) is 5.88 Å². The Labute approximate surface area is 135 Å². The number of hydrogen-bond acceptors (Lipinski definition) is 5. The maximum absolute atomic E-state index is 11.8. The summed E-state index contributed by atoms with van der Waals surface area (Å²) in [4.78, 5) is 4.02. The lowest BCUT2D eigenvalue weighted by Crippen LogP contribution is -2.29. The van der Waals surface area contributed by atoms with Gasteiger partial charge in [0, 0.05) is 20.3 Å². The van der Waals surface area contributed by atoms with Gasteiger partial charge in [-0.3, -0.25) is 4.72 Å². The van der Waals surface area contributed by atoms with E-state index in [-0.39, 0.29) is 5.88 Å². The topological polar surface area (TPSA) is 95.3 Å². The van der Waals surface area contributed by atoms with Crippen LogP contribution in [-0.2, 0) is 10.2 Å². The Balaban J connectivity index is 2.25. The Kier molecular flexibility index (Phi) is 4.83. The molecule has 0 aliphatic heterocycles. The van der Waals surface area contributed by atoms with Gasteiger partial charge in [0.1, 0.15) is 17.4 Å². The SMILES string of the molecule is Cc1cc(Oc2ncccc2C#N)ccc1NS(=O)(=O)N(C)C. The summed E-state index contributed by atoms with van der Waals surface area (Å²) < 4.78 is 32.9. The van der Waals surface area contributed by atoms with Crippen molar-refractivity contribution in [3.63, 3.8) is 0 Å². The molecule has 1 aromatic carbocycles. The van der Waals surface area contributed by atoms with Crippen molar-refractivity contribution in [3.8, 4) is 17.7 Å². The van der Waals surface area contributed by atoms with Crippen LogP contribution in [-0.4, -0.2) is 31.8 Å². The fourth-order valence-electron chi connectivity index (χ4n) is 1.71. The molecule has 8 heteroatoms. The number of ether oxygens (including phenoxy) is 1. The third-order valence-corrected chi connectivity index (χ3v) is 4.46. The number of pyridine rings is 1. The normalized spacial score (nSPS) is 11.1. The van der Waals surface area contributed by atoms with Gasteiger partial charge < -0.3 is 4.74 Å². The average molecular weight is 332 g/mol. The summed E-state index contributed by atoms with van der Waals surface area (Å²) >= 11 is 0. The summed E-state index contributed by atoms with van der Waals surface area (Å²) in [6, 6.07) is 10.1. The second-order valence-electron chi connectivity index (χ2n) is 4.94. The van der Waals surface area contributed by atoms with Crippen LogP contribution in [0.1, 0.15) is 11.1 Å². The molecule has 23 heavy (non-hydrogen) atoms. The van der Waals surface area contributed by atoms with E-state index in [4.69, 9.17) is 10.00 Å². The molecule has 0 fully saturated rings. The highest BCUT2D eigenvalue weighted by Gasteiger charge is 2.15. The molecule has 0 saturated carbocycles. The Morgan fingerprint density at radius 3 is 2.65 bits per heavy atom. The van der Waals surface area contributed by atoms with Crippen LogP contribution in [0.3, 0.4) is 0 Å². The molecule has 0 spiro atoms. The van der Waals surface area contributed by atoms with E-state index >= 15 is 0 Å². The van der Waals surface area contributed by atoms with Crippen molar-refractivity contribution >= 4 is 15.9 Å². The lowest BCUT2D eigenvalue weighted by molar-refractivity contribution is 0.461. The van der Waals surface area contributed by atoms with Gasteiger partial charge in [-0.2, -0.15) is 18.0 Å². The molecule has 0 saturated heterocycles. The zero-order valence-corrected chi connectivity index (χ0v) is 13.8. The van der Waals surface area contributed by atoms with E-state index in [9.17, 15) is 8.42 Å². The number of anilines is 1. The van der Waals surface area contributed by atoms with Gasteiger partial charge in [0.25, 0.3) is 0 Å². The molecule has 0 bridgehead atoms. The van der Waals surface area contributed by atoms with Gasteiger partial charge >= 0.3 is 10.2 Å². The fraction of sp³-hybridized carbons (Fsp3) is 0.200. The molecular formula is C15H16N4O3S. The lowest BCUT2D eigenvalue weighted by Gasteiger charge is -2.15. The number of benzene rings is 1. The van der Waals surface area contributed by atoms with E-state index in [1.54, 1.807) is 37.3 Å². The molecule has 0 aliphatic rings. The molecular weight excluding hydrogens is 316 g/mol. The van der Waals surface area contributed by atoms with Crippen molar-refractivity contribution in [1.29, 1.82) is 5.26 Å². The molecule has 1 N–H and O–H groups in total. The van der Waals surface area contributed by atoms with Crippen molar-refractivity contribution in [1.82, 2.24) is 9.29 Å². The van der Waals surface area contributed by atoms with Crippen LogP contribution in [0.2, 0.25) is 0 Å². The molecule has 0 aliphatic carbocycles. The molecule has 1 heterocycles. The third-order valence-electron chi connectivity index (χ3n) is 3.02. The summed E-state index contributed by atoms with van der Waals surface area (Å²) in [7, 11) is -0.681. The molecule has 0 radical (unpaired) electrons. The van der Waals surface area contributed by atoms with Gasteiger partial charge in [-0.25, -0.2) is 4.98 Å². The van der Waals surface area contributed by atoms with Crippen LogP contribution < -0.4 is 9.46 Å². The van der Waals surface area contributed by atoms with Crippen LogP contribution in [0.5, 0.6) is 11.6 Å². The van der Waals surface area contributed by atoms with Crippen LogP contribution in [0.4, 0.5) is 5.69 Å². The van der Waals surface area contributed by atoms with Gasteiger partial charge in [-0.15, -0.1) is 0 Å². The summed E-state index contributed by atoms with van der Waals surface area (Å²) in [5, 5.41) is 9.02. The summed E-state index contributed by atoms with van der Waals surface area (Å²) in [5.41, 5.74) is 1.46. The van der Waals surface area contributed by atoms with Crippen molar-refractivity contribution in [2.75, 3.05) is 18.8 Å². The number of aryl methyl sites for hydroxylation is 1. The Hall–Kier alpha value is -2.63. The number of nitrogens with one attached hydrogen (secondary N) is 1. The summed E-state index contributed by atoms with van der Waals surface area (Å²) in [5.74, 6) is 0.668. The van der Waals surface area contributed by atoms with Gasteiger partial charge in [0.05, 0.1) is 5.69 Å². The van der Waals surface area contributed by atoms with Crippen LogP contribution in [0.25, 0.3) is 0 Å². The maximum Gasteiger partial charge on any atom is 0.301 e. The van der Waals surface area contributed by atoms with E-state index in [1.165, 1.54) is 20.3 Å². The first-order valence-electron chi connectivity index (χ1n) is 6.67. The molecule has 1 aromatic heterocycles. The fourth-order valence-corrected chi connectivity index (χ4v) is 2.40. The highest BCUT2D eigenvalue weighted by Crippen LogP contribution is 2.27. The van der Waals surface area contributed by atoms with Crippen molar-refractivity contribution in [2.24, 2.45) is 0 Å². The second-order valence-corrected chi connectivity index (χ2v) is 6.82. The first-order valence-corrected chi connectivity index (χ1v) is 8.11. The van der Waals surface area contributed by atoms with Crippen molar-refractivity contribution in [2.45, 2.75) is 6.92 Å². The van der Waals surface area contributed by atoms with E-state index in [1.807, 2.05) is 6.07 Å². The monoisotopic (exact) mass is 332 g/mol. The van der Waals surface area contributed by atoms with Gasteiger partial charge in [-0.05, 0) is 42.8 Å². The smallest absolute Gasteiger partial charge is 0.301 e. The second kappa shape index (κ2) is 6.64. The predicted octanol–water partition coefficient (Wildman–Crippen LogP) is 2.27. The average Bonchev–Trinajstić information content (AvgIpc) is 2.50. The Morgan fingerprint density at radius 2 is 2.04 bits per heavy atom. The highest BCUT2D eigenvalue weighted by atomic mass is 32.2. The number of nitriles is 1. The molecule has 120 valence electrons. The molecule has 7 nitrogen and oxygen atoms in total. The predicted molar refractivity (Wildman–Crippen MR) is 86.4 cm³/mol. The zero-order valence-electron chi connectivity index (χ0n) is 12.9. The minimum atomic E-state index is -3.57. The highest BCUT2D eigenvalue weighted by molar-refractivity contribution is 7.90. The molecule has 2 aromatic rings. The van der Waals surface area contributed by atoms with E-state index in [0.717, 1.165) is 4.31 Å². The van der Waals surface area contributed by atoms with E-state index in [2.05, 4.69) is 9.71 Å². The first kappa shape index (κ1) is 16.7. The third kappa shape index (κ3) is 3.97. The summed E-state index contributed by atoms with van der Waals surface area (Å²) in [6.45, 7) is 1.75. The largest absolute Gasteiger partial charge is 0.438 e. The molecule has 2 rings (SSSR count). The zero-order chi connectivity index (χ0) is 17.0. The molecule has 0 atom stereocenters. The Morgan fingerprint density at radius 1 is 1.30 bits per heavy atom. The number of nitrogens with zero attached hydrogens (tertiary/aromatic N) is 3. The van der Waals surface area contributed by atoms with Gasteiger partial charge in [-0.1, -0.05) is 0 Å². The maximum atomic E-state index is 11.8. The van der Waals surface area contributed by atoms with Crippen LogP contribution in [0, 0.1) is 18.3 Å². The standard InChI is InChI=1S/C15H16N4O3S/c1-11-9-13(22-15-12(10-16)5-4-8-17-15)6-7-14(11)18-23(20,21)19(2)3/h4-9,18H,1-3H3. The lowest BCUT2D eigenvalue weighted by atomic mass is 10.2. The number of rotatable bonds is 5. The quantitative estimate of drug-likeness (QED) is 0.906. The van der Waals surface area contributed by atoms with Gasteiger partial charge in [0.15, 0.2) is 0 Å². The number of hydrogen-bond donors (Lipinski definition) is 1. The summed E-state index contributed by atoms with van der Waals surface area (Å²) in [6.07, 6.45) is 1.53. The number of aromatic nitrogens is 1. The van der Waals surface area contributed by atoms with Crippen molar-refractivity contribution in [3.05, 3.63) is 47.7 Å². The van der Waals surface area contributed by atoms with Crippen LogP contribution >= 0.6 is 0 Å².